The zero-order valence-corrected chi connectivity index (χ0v) is 6.49. The Bertz CT molecular complexity index is 97.0. The minimum absolute atomic E-state index is 0.0932. The first kappa shape index (κ1) is 8.78. The molecule has 0 fully saturated rings. The van der Waals surface area contributed by atoms with E-state index in [-0.39, 0.29) is 11.9 Å². The highest BCUT2D eigenvalue weighted by Gasteiger charge is 2.08. The molecule has 0 saturated carbocycles. The van der Waals surface area contributed by atoms with Gasteiger partial charge in [0.2, 0.25) is 5.91 Å². The lowest BCUT2D eigenvalue weighted by Crippen LogP contribution is -2.40. The van der Waals surface area contributed by atoms with E-state index >= 15 is 0 Å². The summed E-state index contributed by atoms with van der Waals surface area (Å²) in [6, 6.07) is -0.356. The molecule has 1 atom stereocenters. The zero-order valence-electron chi connectivity index (χ0n) is 5.68. The second-order valence-corrected chi connectivity index (χ2v) is 2.59. The average molecular weight is 148 g/mol. The Morgan fingerprint density at radius 1 is 1.89 bits per heavy atom. The fourth-order valence-electron chi connectivity index (χ4n) is 0.441. The lowest BCUT2D eigenvalue weighted by Gasteiger charge is -2.06. The summed E-state index contributed by atoms with van der Waals surface area (Å²) in [7, 11) is 1.59. The van der Waals surface area contributed by atoms with Gasteiger partial charge in [-0.25, -0.2) is 0 Å². The topological polar surface area (TPSA) is 55.1 Å². The number of thioether (sulfide) groups is 1. The normalized spacial score (nSPS) is 12.8. The van der Waals surface area contributed by atoms with Crippen LogP contribution in [-0.2, 0) is 4.79 Å². The van der Waals surface area contributed by atoms with Crippen LogP contribution in [0, 0.1) is 0 Å². The van der Waals surface area contributed by atoms with Crippen LogP contribution in [-0.4, -0.2) is 31.0 Å². The monoisotopic (exact) mass is 148 g/mol. The van der Waals surface area contributed by atoms with Gasteiger partial charge in [-0.1, -0.05) is 0 Å². The van der Waals surface area contributed by atoms with Gasteiger partial charge in [0.05, 0.1) is 6.04 Å². The number of hydrogen-bond donors (Lipinski definition) is 2. The highest BCUT2D eigenvalue weighted by Crippen LogP contribution is 1.93. The predicted octanol–water partition coefficient (Wildman–Crippen LogP) is -0.577. The zero-order chi connectivity index (χ0) is 7.28. The summed E-state index contributed by atoms with van der Waals surface area (Å²) in [5.41, 5.74) is 5.41. The van der Waals surface area contributed by atoms with E-state index in [0.29, 0.717) is 5.75 Å². The molecular formula is C5H12N2OS. The van der Waals surface area contributed by atoms with Crippen LogP contribution in [0.4, 0.5) is 0 Å². The van der Waals surface area contributed by atoms with Crippen LogP contribution in [0.2, 0.25) is 0 Å². The van der Waals surface area contributed by atoms with Crippen molar-refractivity contribution >= 4 is 17.7 Å². The van der Waals surface area contributed by atoms with Gasteiger partial charge in [0, 0.05) is 12.8 Å². The van der Waals surface area contributed by atoms with Gasteiger partial charge in [0.1, 0.15) is 0 Å². The Labute approximate surface area is 59.4 Å². The standard InChI is InChI=1S/C5H12N2OS/c1-7-5(8)4(6)3-9-2/h4H,3,6H2,1-2H3,(H,7,8)/t4-/m0/s1. The first-order valence-electron chi connectivity index (χ1n) is 2.68. The lowest BCUT2D eigenvalue weighted by molar-refractivity contribution is -0.121. The molecule has 0 aromatic rings. The Morgan fingerprint density at radius 3 is 2.78 bits per heavy atom. The SMILES string of the molecule is CNC(=O)[C@@H](N)CSC. The third-order valence-electron chi connectivity index (χ3n) is 0.929. The van der Waals surface area contributed by atoms with Crippen LogP contribution in [0.25, 0.3) is 0 Å². The summed E-state index contributed by atoms with van der Waals surface area (Å²) in [5, 5.41) is 2.47. The van der Waals surface area contributed by atoms with Crippen LogP contribution in [0.15, 0.2) is 0 Å². The molecule has 0 aromatic heterocycles. The summed E-state index contributed by atoms with van der Waals surface area (Å²) in [4.78, 5) is 10.7. The first-order chi connectivity index (χ1) is 4.22. The van der Waals surface area contributed by atoms with Gasteiger partial charge >= 0.3 is 0 Å². The summed E-state index contributed by atoms with van der Waals surface area (Å²) in [5.74, 6) is 0.587. The van der Waals surface area contributed by atoms with E-state index in [2.05, 4.69) is 5.32 Å². The molecule has 0 heterocycles. The number of rotatable bonds is 3. The van der Waals surface area contributed by atoms with Gasteiger partial charge in [-0.2, -0.15) is 11.8 Å². The van der Waals surface area contributed by atoms with Crippen molar-refractivity contribution in [3.8, 4) is 0 Å². The van der Waals surface area contributed by atoms with Gasteiger partial charge in [-0.15, -0.1) is 0 Å². The van der Waals surface area contributed by atoms with Gasteiger partial charge < -0.3 is 11.1 Å². The van der Waals surface area contributed by atoms with Gasteiger partial charge in [-0.05, 0) is 6.26 Å². The van der Waals surface area contributed by atoms with E-state index in [1.807, 2.05) is 6.26 Å². The molecule has 54 valence electrons. The fourth-order valence-corrected chi connectivity index (χ4v) is 0.951. The number of nitrogens with one attached hydrogen (secondary N) is 1. The minimum atomic E-state index is -0.356. The second-order valence-electron chi connectivity index (χ2n) is 1.68. The van der Waals surface area contributed by atoms with Crippen LogP contribution in [0.1, 0.15) is 0 Å². The summed E-state index contributed by atoms with van der Waals surface area (Å²) in [6.45, 7) is 0. The molecular weight excluding hydrogens is 136 g/mol. The van der Waals surface area contributed by atoms with Crippen LogP contribution < -0.4 is 11.1 Å². The van der Waals surface area contributed by atoms with Gasteiger partial charge in [0.15, 0.2) is 0 Å². The summed E-state index contributed by atoms with van der Waals surface area (Å²) in [6.07, 6.45) is 1.92. The summed E-state index contributed by atoms with van der Waals surface area (Å²) >= 11 is 1.57. The van der Waals surface area contributed by atoms with Crippen molar-refractivity contribution in [2.75, 3.05) is 19.1 Å². The predicted molar refractivity (Wildman–Crippen MR) is 40.4 cm³/mol. The van der Waals surface area contributed by atoms with Crippen molar-refractivity contribution in [1.82, 2.24) is 5.32 Å². The number of hydrogen-bond acceptors (Lipinski definition) is 3. The molecule has 9 heavy (non-hydrogen) atoms. The second kappa shape index (κ2) is 4.64. The maximum atomic E-state index is 10.7. The number of amides is 1. The Kier molecular flexibility index (Phi) is 4.53. The minimum Gasteiger partial charge on any atom is -0.358 e. The van der Waals surface area contributed by atoms with Crippen molar-refractivity contribution in [3.63, 3.8) is 0 Å². The molecule has 0 radical (unpaired) electrons. The Hall–Kier alpha value is -0.220. The van der Waals surface area contributed by atoms with E-state index in [0.717, 1.165) is 0 Å². The first-order valence-corrected chi connectivity index (χ1v) is 4.08. The van der Waals surface area contributed by atoms with Crippen molar-refractivity contribution in [3.05, 3.63) is 0 Å². The van der Waals surface area contributed by atoms with Crippen LogP contribution in [0.5, 0.6) is 0 Å². The lowest BCUT2D eigenvalue weighted by atomic mass is 10.3. The molecule has 1 amide bonds. The molecule has 0 unspecified atom stereocenters. The largest absolute Gasteiger partial charge is 0.358 e. The Balaban J connectivity index is 3.45. The van der Waals surface area contributed by atoms with Crippen molar-refractivity contribution < 1.29 is 4.79 Å². The summed E-state index contributed by atoms with van der Waals surface area (Å²) < 4.78 is 0. The third-order valence-corrected chi connectivity index (χ3v) is 1.62. The molecule has 0 rings (SSSR count). The molecule has 0 bridgehead atoms. The molecule has 0 aromatic carbocycles. The molecule has 0 saturated heterocycles. The van der Waals surface area contributed by atoms with E-state index < -0.39 is 0 Å². The van der Waals surface area contributed by atoms with E-state index in [4.69, 9.17) is 5.73 Å². The molecule has 0 aliphatic heterocycles. The highest BCUT2D eigenvalue weighted by atomic mass is 32.2. The maximum Gasteiger partial charge on any atom is 0.237 e. The van der Waals surface area contributed by atoms with Crippen molar-refractivity contribution in [2.45, 2.75) is 6.04 Å². The number of carbonyl (C=O) groups excluding carboxylic acids is 1. The smallest absolute Gasteiger partial charge is 0.237 e. The molecule has 4 heteroatoms. The van der Waals surface area contributed by atoms with Crippen LogP contribution >= 0.6 is 11.8 Å². The van der Waals surface area contributed by atoms with E-state index in [1.54, 1.807) is 18.8 Å². The average Bonchev–Trinajstić information content (AvgIpc) is 1.87. The molecule has 0 spiro atoms. The highest BCUT2D eigenvalue weighted by molar-refractivity contribution is 7.98. The third kappa shape index (κ3) is 3.37. The number of carbonyl (C=O) groups is 1. The maximum absolute atomic E-state index is 10.7. The molecule has 0 aliphatic carbocycles. The Morgan fingerprint density at radius 2 is 2.44 bits per heavy atom. The van der Waals surface area contributed by atoms with E-state index in [9.17, 15) is 4.79 Å². The quantitative estimate of drug-likeness (QED) is 0.563. The molecule has 0 aliphatic rings. The van der Waals surface area contributed by atoms with Crippen LogP contribution in [0.3, 0.4) is 0 Å². The molecule has 3 N–H and O–H groups in total. The van der Waals surface area contributed by atoms with E-state index in [1.165, 1.54) is 0 Å². The fraction of sp³-hybridized carbons (Fsp3) is 0.800. The van der Waals surface area contributed by atoms with Gasteiger partial charge in [-0.3, -0.25) is 4.79 Å². The number of nitrogens with two attached hydrogens (primary N) is 1. The molecule has 3 nitrogen and oxygen atoms in total. The van der Waals surface area contributed by atoms with Crippen molar-refractivity contribution in [1.29, 1.82) is 0 Å². The number of likely N-dealkylation sites (N-methyl/N-ethyl adjacent to an activating group) is 1. The van der Waals surface area contributed by atoms with Crippen molar-refractivity contribution in [2.24, 2.45) is 5.73 Å². The van der Waals surface area contributed by atoms with Gasteiger partial charge in [0.25, 0.3) is 0 Å².